The number of hydrogen-bond acceptors (Lipinski definition) is 2. The molecule has 8 aromatic rings. The third kappa shape index (κ3) is 4.63. The number of rotatable bonds is 4. The van der Waals surface area contributed by atoms with Crippen molar-refractivity contribution in [3.63, 3.8) is 0 Å². The van der Waals surface area contributed by atoms with Gasteiger partial charge in [-0.05, 0) is 190 Å². The molecule has 2 aromatic heterocycles. The fraction of sp³-hybridized carbons (Fsp3) is 0.321. The van der Waals surface area contributed by atoms with Crippen molar-refractivity contribution in [2.45, 2.75) is 87.9 Å². The molecule has 60 heavy (non-hydrogen) atoms. The molecule has 4 saturated carbocycles. The van der Waals surface area contributed by atoms with Crippen molar-refractivity contribution in [3.05, 3.63) is 164 Å². The Kier molecular flexibility index (Phi) is 7.04. The lowest BCUT2D eigenvalue weighted by molar-refractivity contribution is 0.166. The van der Waals surface area contributed by atoms with Crippen molar-refractivity contribution in [1.82, 2.24) is 9.03 Å². The summed E-state index contributed by atoms with van der Waals surface area (Å²) in [5.41, 5.74) is 16.8. The van der Waals surface area contributed by atoms with Crippen LogP contribution >= 0.6 is 0 Å². The second-order valence-electron chi connectivity index (χ2n) is 20.0. The standard InChI is InChI=1S/C56H48N2O2/c59-55-53-47(29-45(43-17-9-7-15-41(43)35-11-3-1-4-12-35)49-37-21-31-19-32(22-37)26-39(25-31)51(49)53)57-48-30-46(44-18-10-8-16-42(44)36-13-5-2-6-14-36)50-38-23-33-20-34(24-38)28-40(27-33)52(50)54(48)56(60)58(55)57/h1-18,29-34,37-40H,19-28H2. The van der Waals surface area contributed by atoms with Gasteiger partial charge in [-0.1, -0.05) is 109 Å². The molecule has 4 atom stereocenters. The highest BCUT2D eigenvalue weighted by molar-refractivity contribution is 6.00. The maximum Gasteiger partial charge on any atom is 0.282 e. The Morgan fingerprint density at radius 1 is 0.333 bits per heavy atom. The SMILES string of the molecule is O=c1c2c3c(c(-c4ccccc4-c4ccccc4)cc2n2c4cc(-c5ccccc5-c5ccccc5)c5c(c4c(=O)n12)C1CC2CC(CC5C2)C1)C1CC2CC(C1)CC3C2. The number of aromatic nitrogens is 2. The van der Waals surface area contributed by atoms with Gasteiger partial charge in [-0.25, -0.2) is 4.52 Å². The summed E-state index contributed by atoms with van der Waals surface area (Å²) >= 11 is 0. The lowest BCUT2D eigenvalue weighted by atomic mass is 9.67. The summed E-state index contributed by atoms with van der Waals surface area (Å²) in [5, 5.41) is 1.62. The topological polar surface area (TPSA) is 43.0 Å². The molecular weight excluding hydrogens is 733 g/mol. The zero-order chi connectivity index (χ0) is 39.4. The smallest absolute Gasteiger partial charge is 0.267 e. The van der Waals surface area contributed by atoms with Gasteiger partial charge >= 0.3 is 0 Å². The minimum atomic E-state index is -0.106. The van der Waals surface area contributed by atoms with Crippen molar-refractivity contribution in [2.24, 2.45) is 23.7 Å². The monoisotopic (exact) mass is 780 g/mol. The molecule has 8 aliphatic rings. The van der Waals surface area contributed by atoms with Crippen LogP contribution in [0.3, 0.4) is 0 Å². The van der Waals surface area contributed by atoms with E-state index in [2.05, 4.69) is 126 Å². The molecule has 0 aliphatic heterocycles. The largest absolute Gasteiger partial charge is 0.282 e. The van der Waals surface area contributed by atoms with Gasteiger partial charge in [-0.3, -0.25) is 9.59 Å². The van der Waals surface area contributed by atoms with Crippen LogP contribution in [0, 0.1) is 23.7 Å². The Hall–Kier alpha value is -5.74. The normalized spacial score (nSPS) is 27.1. The zero-order valence-electron chi connectivity index (χ0n) is 33.9. The third-order valence-electron chi connectivity index (χ3n) is 16.8. The maximum atomic E-state index is 15.5. The summed E-state index contributed by atoms with van der Waals surface area (Å²) in [4.78, 5) is 31.1. The highest BCUT2D eigenvalue weighted by Crippen LogP contribution is 2.61. The van der Waals surface area contributed by atoms with Crippen LogP contribution in [-0.4, -0.2) is 9.03 Å². The van der Waals surface area contributed by atoms with E-state index in [-0.39, 0.29) is 11.1 Å². The fourth-order valence-corrected chi connectivity index (χ4v) is 15.0. The summed E-state index contributed by atoms with van der Waals surface area (Å²) in [5.74, 6) is 4.29. The predicted molar refractivity (Wildman–Crippen MR) is 242 cm³/mol. The second kappa shape index (κ2) is 12.4. The van der Waals surface area contributed by atoms with Crippen molar-refractivity contribution in [1.29, 1.82) is 0 Å². The fourth-order valence-electron chi connectivity index (χ4n) is 15.0. The molecule has 0 spiro atoms. The van der Waals surface area contributed by atoms with E-state index in [4.69, 9.17) is 0 Å². The van der Waals surface area contributed by atoms with Gasteiger partial charge < -0.3 is 0 Å². The molecule has 0 saturated heterocycles. The molecular formula is C56H48N2O2. The molecule has 2 heterocycles. The molecule has 4 nitrogen and oxygen atoms in total. The summed E-state index contributed by atoms with van der Waals surface area (Å²) in [6.07, 6.45) is 12.0. The lowest BCUT2D eigenvalue weighted by Crippen LogP contribution is -2.26. The third-order valence-corrected chi connectivity index (χ3v) is 16.8. The van der Waals surface area contributed by atoms with E-state index in [1.807, 2.05) is 0 Å². The van der Waals surface area contributed by atoms with Gasteiger partial charge in [0.15, 0.2) is 0 Å². The molecule has 0 N–H and O–H groups in total. The summed E-state index contributed by atoms with van der Waals surface area (Å²) in [6, 6.07) is 44.2. The first-order chi connectivity index (χ1) is 29.6. The van der Waals surface area contributed by atoms with E-state index in [0.717, 1.165) is 47.5 Å². The van der Waals surface area contributed by atoms with Gasteiger partial charge in [-0.15, -0.1) is 0 Å². The zero-order valence-corrected chi connectivity index (χ0v) is 33.9. The Labute approximate surface area is 349 Å². The molecule has 6 aromatic carbocycles. The first kappa shape index (κ1) is 34.0. The molecule has 4 fully saturated rings. The first-order valence-electron chi connectivity index (χ1n) is 23.0. The van der Waals surface area contributed by atoms with E-state index >= 15 is 9.59 Å². The van der Waals surface area contributed by atoms with Gasteiger partial charge in [-0.2, -0.15) is 4.52 Å². The molecule has 8 aliphatic carbocycles. The Bertz CT molecular complexity index is 2970. The first-order valence-corrected chi connectivity index (χ1v) is 23.0. The number of hydrogen-bond donors (Lipinski definition) is 0. The van der Waals surface area contributed by atoms with Crippen molar-refractivity contribution in [2.75, 3.05) is 0 Å². The molecule has 4 heteroatoms. The van der Waals surface area contributed by atoms with Gasteiger partial charge in [0.25, 0.3) is 11.1 Å². The van der Waals surface area contributed by atoms with Gasteiger partial charge in [0.1, 0.15) is 0 Å². The maximum absolute atomic E-state index is 15.5. The minimum absolute atomic E-state index is 0.106. The second-order valence-corrected chi connectivity index (χ2v) is 20.0. The van der Waals surface area contributed by atoms with E-state index in [9.17, 15) is 0 Å². The van der Waals surface area contributed by atoms with Gasteiger partial charge in [0.05, 0.1) is 21.8 Å². The Morgan fingerprint density at radius 2 is 0.667 bits per heavy atom. The summed E-state index contributed by atoms with van der Waals surface area (Å²) in [7, 11) is 0. The minimum Gasteiger partial charge on any atom is -0.267 e. The van der Waals surface area contributed by atoms with Crippen LogP contribution in [0.4, 0.5) is 0 Å². The van der Waals surface area contributed by atoms with Gasteiger partial charge in [0, 0.05) is 0 Å². The van der Waals surface area contributed by atoms with Crippen LogP contribution in [0.25, 0.3) is 66.3 Å². The molecule has 16 rings (SSSR count). The Balaban J connectivity index is 1.14. The molecule has 8 bridgehead atoms. The predicted octanol–water partition coefficient (Wildman–Crippen LogP) is 13.0. The van der Waals surface area contributed by atoms with E-state index < -0.39 is 0 Å². The molecule has 0 radical (unpaired) electrons. The van der Waals surface area contributed by atoms with Crippen LogP contribution in [0.1, 0.15) is 110 Å². The quantitative estimate of drug-likeness (QED) is 0.178. The van der Waals surface area contributed by atoms with Gasteiger partial charge in [0.2, 0.25) is 0 Å². The van der Waals surface area contributed by atoms with Crippen molar-refractivity contribution in [3.8, 4) is 44.5 Å². The highest BCUT2D eigenvalue weighted by atomic mass is 16.2. The van der Waals surface area contributed by atoms with Crippen molar-refractivity contribution < 1.29 is 0 Å². The molecule has 294 valence electrons. The molecule has 0 amide bonds. The van der Waals surface area contributed by atoms with Crippen LogP contribution in [0.2, 0.25) is 0 Å². The number of benzene rings is 6. The van der Waals surface area contributed by atoms with Crippen LogP contribution in [0.15, 0.2) is 131 Å². The van der Waals surface area contributed by atoms with Crippen LogP contribution in [-0.2, 0) is 0 Å². The summed E-state index contributed by atoms with van der Waals surface area (Å²) in [6.45, 7) is 0. The number of nitrogens with zero attached hydrogens (tertiary/aromatic N) is 2. The number of fused-ring (bicyclic) bond motifs is 5. The van der Waals surface area contributed by atoms with E-state index in [1.165, 1.54) is 105 Å². The average molecular weight is 781 g/mol. The lowest BCUT2D eigenvalue weighted by Gasteiger charge is -2.38. The van der Waals surface area contributed by atoms with Crippen molar-refractivity contribution >= 4 is 21.8 Å². The van der Waals surface area contributed by atoms with E-state index in [1.54, 1.807) is 4.52 Å². The molecule has 4 unspecified atom stereocenters. The Morgan fingerprint density at radius 3 is 1.05 bits per heavy atom. The summed E-state index contributed by atoms with van der Waals surface area (Å²) < 4.78 is 3.71. The van der Waals surface area contributed by atoms with Crippen LogP contribution in [0.5, 0.6) is 0 Å². The average Bonchev–Trinajstić information content (AvgIpc) is 3.57. The highest BCUT2D eigenvalue weighted by Gasteiger charge is 2.47. The van der Waals surface area contributed by atoms with Crippen LogP contribution < -0.4 is 11.1 Å². The van der Waals surface area contributed by atoms with E-state index in [0.29, 0.717) is 47.3 Å².